The number of hydrogen-bond donors (Lipinski definition) is 2. The summed E-state index contributed by atoms with van der Waals surface area (Å²) in [4.78, 5) is 8.85. The van der Waals surface area contributed by atoms with Gasteiger partial charge in [-0.25, -0.2) is 9.61 Å². The lowest BCUT2D eigenvalue weighted by molar-refractivity contribution is 0.314. The van der Waals surface area contributed by atoms with Crippen LogP contribution in [-0.2, 0) is 5.41 Å². The van der Waals surface area contributed by atoms with E-state index in [1.807, 2.05) is 36.4 Å². The molecule has 0 atom stereocenters. The first-order valence-corrected chi connectivity index (χ1v) is 10.4. The lowest BCUT2D eigenvalue weighted by Gasteiger charge is -2.18. The molecule has 152 valence electrons. The number of nitrogens with one attached hydrogen (secondary N) is 2. The number of fused-ring (bicyclic) bond motifs is 1. The fourth-order valence-electron chi connectivity index (χ4n) is 2.71. The molecule has 0 spiro atoms. The minimum Gasteiger partial charge on any atom is -0.337 e. The van der Waals surface area contributed by atoms with Gasteiger partial charge in [-0.1, -0.05) is 45.0 Å². The average Bonchev–Trinajstić information content (AvgIpc) is 3.17. The molecule has 2 aromatic carbocycles. The van der Waals surface area contributed by atoms with Crippen LogP contribution in [0.1, 0.15) is 31.9 Å². The molecule has 0 radical (unpaired) electrons. The maximum atomic E-state index is 4.73. The zero-order valence-corrected chi connectivity index (χ0v) is 18.9. The maximum Gasteiger partial charge on any atom is 0.245 e. The van der Waals surface area contributed by atoms with Gasteiger partial charge in [-0.15, -0.1) is 0 Å². The van der Waals surface area contributed by atoms with Gasteiger partial charge in [0.1, 0.15) is 0 Å². The van der Waals surface area contributed by atoms with E-state index in [1.165, 1.54) is 5.56 Å². The number of halogens is 1. The van der Waals surface area contributed by atoms with Crippen molar-refractivity contribution >= 4 is 57.4 Å². The molecular weight excluding hydrogens is 493 g/mol. The molecule has 0 aliphatic heterocycles. The Kier molecular flexibility index (Phi) is 5.62. The summed E-state index contributed by atoms with van der Waals surface area (Å²) in [6.45, 7) is 6.56. The fraction of sp³-hybridized carbons (Fsp3) is 0.190. The number of benzene rings is 2. The van der Waals surface area contributed by atoms with Crippen molar-refractivity contribution in [3.63, 3.8) is 0 Å². The van der Waals surface area contributed by atoms with Crippen LogP contribution >= 0.6 is 22.6 Å². The first kappa shape index (κ1) is 20.2. The lowest BCUT2D eigenvalue weighted by atomic mass is 9.87. The second-order valence-electron chi connectivity index (χ2n) is 7.71. The smallest absolute Gasteiger partial charge is 0.245 e. The van der Waals surface area contributed by atoms with Crippen LogP contribution in [-0.4, -0.2) is 26.5 Å². The van der Waals surface area contributed by atoms with Gasteiger partial charge in [0.15, 0.2) is 11.6 Å². The molecule has 0 amide bonds. The van der Waals surface area contributed by atoms with E-state index >= 15 is 0 Å². The summed E-state index contributed by atoms with van der Waals surface area (Å²) in [5.74, 6) is 0.888. The van der Waals surface area contributed by atoms with Crippen LogP contribution in [0.15, 0.2) is 58.3 Å². The summed E-state index contributed by atoms with van der Waals surface area (Å²) in [6, 6.07) is 16.2. The van der Waals surface area contributed by atoms with Crippen LogP contribution in [0, 0.1) is 3.57 Å². The highest BCUT2D eigenvalue weighted by atomic mass is 127. The maximum absolute atomic E-state index is 4.73. The van der Waals surface area contributed by atoms with Crippen molar-refractivity contribution in [1.82, 2.24) is 20.3 Å². The molecule has 0 fully saturated rings. The summed E-state index contributed by atoms with van der Waals surface area (Å²) in [5, 5.41) is 15.1. The molecule has 8 nitrogen and oxygen atoms in total. The van der Waals surface area contributed by atoms with Gasteiger partial charge in [0.2, 0.25) is 11.3 Å². The zero-order valence-electron chi connectivity index (χ0n) is 16.7. The van der Waals surface area contributed by atoms with Gasteiger partial charge in [0.05, 0.1) is 6.21 Å². The molecule has 4 rings (SSSR count). The molecular formula is C21H20IN7O. The Labute approximate surface area is 187 Å². The van der Waals surface area contributed by atoms with Gasteiger partial charge in [0, 0.05) is 9.26 Å². The van der Waals surface area contributed by atoms with Gasteiger partial charge >= 0.3 is 0 Å². The third kappa shape index (κ3) is 4.73. The minimum atomic E-state index is 0.112. The summed E-state index contributed by atoms with van der Waals surface area (Å²) < 4.78 is 5.87. The first-order valence-electron chi connectivity index (χ1n) is 9.31. The van der Waals surface area contributed by atoms with Gasteiger partial charge in [-0.05, 0) is 73.7 Å². The molecule has 0 saturated heterocycles. The third-order valence-corrected chi connectivity index (χ3v) is 5.10. The summed E-state index contributed by atoms with van der Waals surface area (Å²) in [5.41, 5.74) is 6.78. The Hall–Kier alpha value is -3.08. The quantitative estimate of drug-likeness (QED) is 0.218. The van der Waals surface area contributed by atoms with E-state index in [-0.39, 0.29) is 5.41 Å². The molecule has 0 bridgehead atoms. The second kappa shape index (κ2) is 8.34. The van der Waals surface area contributed by atoms with E-state index in [2.05, 4.69) is 91.6 Å². The van der Waals surface area contributed by atoms with E-state index in [0.29, 0.717) is 22.9 Å². The number of nitrogens with zero attached hydrogens (tertiary/aromatic N) is 5. The van der Waals surface area contributed by atoms with E-state index in [4.69, 9.17) is 4.63 Å². The van der Waals surface area contributed by atoms with Crippen molar-refractivity contribution in [2.75, 3.05) is 10.7 Å². The number of hydrogen-bond acceptors (Lipinski definition) is 8. The largest absolute Gasteiger partial charge is 0.337 e. The summed E-state index contributed by atoms with van der Waals surface area (Å²) in [7, 11) is 0. The van der Waals surface area contributed by atoms with Gasteiger partial charge in [0.25, 0.3) is 0 Å². The van der Waals surface area contributed by atoms with Crippen molar-refractivity contribution in [1.29, 1.82) is 0 Å². The van der Waals surface area contributed by atoms with Crippen molar-refractivity contribution < 1.29 is 4.63 Å². The van der Waals surface area contributed by atoms with Crippen LogP contribution in [0.3, 0.4) is 0 Å². The molecule has 2 heterocycles. The van der Waals surface area contributed by atoms with Crippen LogP contribution in [0.5, 0.6) is 0 Å². The molecule has 9 heteroatoms. The highest BCUT2D eigenvalue weighted by Crippen LogP contribution is 2.25. The Balaban J connectivity index is 1.56. The predicted octanol–water partition coefficient (Wildman–Crippen LogP) is 5.10. The van der Waals surface area contributed by atoms with E-state index in [0.717, 1.165) is 14.8 Å². The molecule has 2 N–H and O–H groups in total. The molecule has 4 aromatic rings. The van der Waals surface area contributed by atoms with Gasteiger partial charge < -0.3 is 5.32 Å². The lowest BCUT2D eigenvalue weighted by Crippen LogP contribution is -2.10. The van der Waals surface area contributed by atoms with Crippen molar-refractivity contribution in [3.05, 3.63) is 63.2 Å². The Morgan fingerprint density at radius 3 is 2.17 bits per heavy atom. The molecule has 2 aromatic heterocycles. The number of hydrazone groups is 1. The molecule has 0 saturated carbocycles. The summed E-state index contributed by atoms with van der Waals surface area (Å²) in [6.07, 6.45) is 1.73. The van der Waals surface area contributed by atoms with E-state index in [1.54, 1.807) is 6.21 Å². The van der Waals surface area contributed by atoms with Gasteiger partial charge in [-0.2, -0.15) is 10.1 Å². The van der Waals surface area contributed by atoms with E-state index in [9.17, 15) is 0 Å². The highest BCUT2D eigenvalue weighted by Gasteiger charge is 2.14. The Bertz CT molecular complexity index is 1180. The highest BCUT2D eigenvalue weighted by molar-refractivity contribution is 14.1. The average molecular weight is 513 g/mol. The monoisotopic (exact) mass is 513 g/mol. The zero-order chi connectivity index (χ0) is 21.1. The van der Waals surface area contributed by atoms with Crippen LogP contribution in [0.25, 0.3) is 11.3 Å². The first-order chi connectivity index (χ1) is 14.4. The molecule has 0 unspecified atom stereocenters. The number of rotatable bonds is 5. The normalized spacial score (nSPS) is 11.9. The number of anilines is 3. The minimum absolute atomic E-state index is 0.112. The third-order valence-electron chi connectivity index (χ3n) is 4.38. The topological polar surface area (TPSA) is 101 Å². The van der Waals surface area contributed by atoms with Gasteiger partial charge in [-0.3, -0.25) is 5.43 Å². The van der Waals surface area contributed by atoms with Crippen molar-refractivity contribution in [3.8, 4) is 0 Å². The molecule has 30 heavy (non-hydrogen) atoms. The molecule has 0 aliphatic carbocycles. The van der Waals surface area contributed by atoms with Crippen LogP contribution in [0.2, 0.25) is 0 Å². The van der Waals surface area contributed by atoms with Crippen LogP contribution < -0.4 is 10.7 Å². The second-order valence-corrected chi connectivity index (χ2v) is 8.95. The van der Waals surface area contributed by atoms with Crippen molar-refractivity contribution in [2.45, 2.75) is 26.2 Å². The predicted molar refractivity (Wildman–Crippen MR) is 126 cm³/mol. The van der Waals surface area contributed by atoms with Crippen LogP contribution in [0.4, 0.5) is 17.3 Å². The Morgan fingerprint density at radius 2 is 1.53 bits per heavy atom. The van der Waals surface area contributed by atoms with E-state index < -0.39 is 0 Å². The fourth-order valence-corrected chi connectivity index (χ4v) is 3.07. The van der Waals surface area contributed by atoms with Crippen molar-refractivity contribution in [2.24, 2.45) is 5.10 Å². The Morgan fingerprint density at radius 1 is 0.900 bits per heavy atom. The summed E-state index contributed by atoms with van der Waals surface area (Å²) >= 11 is 2.26. The molecule has 0 aliphatic rings. The standard InChI is InChI=1S/C21H20IN7O/c1-21(2,3)14-6-4-13(5-7-14)12-23-27-18-17(24-16-10-8-15(22)9-11-16)25-19-20(26-18)29-30-28-19/h4-12H,1-3H3,(H,24,25,28)(H,26,27,29). The SMILES string of the molecule is CC(C)(C)c1ccc(C=NNc2nc3nonc3nc2Nc2ccc(I)cc2)cc1. The number of aromatic nitrogens is 4.